The molecule has 1 aliphatic rings. The third kappa shape index (κ3) is 4.92. The Morgan fingerprint density at radius 3 is 2.58 bits per heavy atom. The van der Waals surface area contributed by atoms with Crippen LogP contribution >= 0.6 is 0 Å². The number of rotatable bonds is 7. The summed E-state index contributed by atoms with van der Waals surface area (Å²) in [6.45, 7) is 1.90. The molecule has 138 valence electrons. The molecule has 0 aliphatic carbocycles. The maximum absolute atomic E-state index is 12.3. The average Bonchev–Trinajstić information content (AvgIpc) is 3.09. The third-order valence-corrected chi connectivity index (χ3v) is 4.70. The number of amides is 2. The number of aromatic nitrogens is 2. The number of anilines is 1. The smallest absolute Gasteiger partial charge is 0.231 e. The highest BCUT2D eigenvalue weighted by molar-refractivity contribution is 5.90. The van der Waals surface area contributed by atoms with Crippen LogP contribution in [0.1, 0.15) is 30.9 Å². The number of nitrogens with zero attached hydrogens (tertiary/aromatic N) is 3. The van der Waals surface area contributed by atoms with Gasteiger partial charge in [-0.15, -0.1) is 0 Å². The Kier molecular flexibility index (Phi) is 6.01. The Labute approximate surface area is 153 Å². The number of aryl methyl sites for hydroxylation is 1. The van der Waals surface area contributed by atoms with Crippen molar-refractivity contribution < 1.29 is 9.59 Å². The highest BCUT2D eigenvalue weighted by Gasteiger charge is 2.23. The van der Waals surface area contributed by atoms with Gasteiger partial charge in [0.1, 0.15) is 5.82 Å². The largest absolute Gasteiger partial charge is 0.369 e. The molecule has 3 rings (SSSR count). The van der Waals surface area contributed by atoms with Gasteiger partial charge in [0.05, 0.1) is 18.8 Å². The van der Waals surface area contributed by atoms with Gasteiger partial charge in [-0.2, -0.15) is 5.10 Å². The summed E-state index contributed by atoms with van der Waals surface area (Å²) in [4.78, 5) is 25.4. The molecule has 0 saturated carbocycles. The maximum Gasteiger partial charge on any atom is 0.231 e. The van der Waals surface area contributed by atoms with Gasteiger partial charge in [-0.05, 0) is 24.8 Å². The van der Waals surface area contributed by atoms with Crippen molar-refractivity contribution in [3.05, 3.63) is 48.2 Å². The highest BCUT2D eigenvalue weighted by Crippen LogP contribution is 2.25. The molecule has 1 aliphatic heterocycles. The lowest BCUT2D eigenvalue weighted by Crippen LogP contribution is -2.40. The predicted octanol–water partition coefficient (Wildman–Crippen LogP) is 1.58. The van der Waals surface area contributed by atoms with Crippen LogP contribution in [0.3, 0.4) is 0 Å². The zero-order valence-electron chi connectivity index (χ0n) is 14.8. The van der Waals surface area contributed by atoms with E-state index >= 15 is 0 Å². The molecule has 26 heavy (non-hydrogen) atoms. The lowest BCUT2D eigenvalue weighted by molar-refractivity contribution is -0.119. The normalized spacial score (nSPS) is 15.7. The molecule has 0 atom stereocenters. The predicted molar refractivity (Wildman–Crippen MR) is 99.5 cm³/mol. The van der Waals surface area contributed by atoms with Crippen molar-refractivity contribution in [2.45, 2.75) is 31.7 Å². The number of likely N-dealkylation sites (tertiary alicyclic amines) is 1. The van der Waals surface area contributed by atoms with Crippen molar-refractivity contribution in [2.24, 2.45) is 5.73 Å². The number of primary amides is 1. The van der Waals surface area contributed by atoms with Crippen LogP contribution in [0.2, 0.25) is 0 Å². The van der Waals surface area contributed by atoms with Gasteiger partial charge < -0.3 is 11.1 Å². The van der Waals surface area contributed by atoms with E-state index in [1.807, 2.05) is 41.1 Å². The summed E-state index contributed by atoms with van der Waals surface area (Å²) in [6, 6.07) is 12.0. The van der Waals surface area contributed by atoms with E-state index in [4.69, 9.17) is 5.73 Å². The summed E-state index contributed by atoms with van der Waals surface area (Å²) in [5.74, 6) is 0.423. The summed E-state index contributed by atoms with van der Waals surface area (Å²) in [5.41, 5.74) is 6.41. The van der Waals surface area contributed by atoms with Gasteiger partial charge in [0.25, 0.3) is 0 Å². The zero-order chi connectivity index (χ0) is 18.4. The standard InChI is InChI=1S/C19H25N5O2/c20-17(25)14-23-12-9-16(10-13-23)24-18(8-11-21-24)22-19(26)7-6-15-4-2-1-3-5-15/h1-5,8,11,16H,6-7,9-10,12-14H2,(H2,20,25)(H,22,26). The molecule has 7 heteroatoms. The van der Waals surface area contributed by atoms with Gasteiger partial charge in [0, 0.05) is 25.6 Å². The van der Waals surface area contributed by atoms with Gasteiger partial charge in [-0.25, -0.2) is 4.68 Å². The molecule has 0 unspecified atom stereocenters. The molecule has 1 aromatic heterocycles. The minimum Gasteiger partial charge on any atom is -0.369 e. The molecule has 0 spiro atoms. The quantitative estimate of drug-likeness (QED) is 0.788. The number of nitrogens with two attached hydrogens (primary N) is 1. The number of nitrogens with one attached hydrogen (secondary N) is 1. The fourth-order valence-corrected chi connectivity index (χ4v) is 3.35. The number of carbonyl (C=O) groups is 2. The van der Waals surface area contributed by atoms with Gasteiger partial charge in [0.2, 0.25) is 11.8 Å². The Morgan fingerprint density at radius 2 is 1.88 bits per heavy atom. The van der Waals surface area contributed by atoms with Crippen molar-refractivity contribution >= 4 is 17.6 Å². The summed E-state index contributed by atoms with van der Waals surface area (Å²) >= 11 is 0. The van der Waals surface area contributed by atoms with E-state index in [-0.39, 0.29) is 17.9 Å². The van der Waals surface area contributed by atoms with Crippen molar-refractivity contribution in [3.63, 3.8) is 0 Å². The lowest BCUT2D eigenvalue weighted by Gasteiger charge is -2.31. The minimum absolute atomic E-state index is 0.0123. The Balaban J connectivity index is 1.52. The fourth-order valence-electron chi connectivity index (χ4n) is 3.35. The van der Waals surface area contributed by atoms with E-state index < -0.39 is 0 Å². The first-order valence-electron chi connectivity index (χ1n) is 9.00. The van der Waals surface area contributed by atoms with E-state index in [1.54, 1.807) is 6.20 Å². The van der Waals surface area contributed by atoms with Crippen molar-refractivity contribution in [2.75, 3.05) is 25.0 Å². The van der Waals surface area contributed by atoms with Crippen LogP contribution in [0, 0.1) is 0 Å². The Bertz CT molecular complexity index is 735. The second-order valence-electron chi connectivity index (χ2n) is 6.67. The Morgan fingerprint density at radius 1 is 1.15 bits per heavy atom. The lowest BCUT2D eigenvalue weighted by atomic mass is 10.1. The van der Waals surface area contributed by atoms with Gasteiger partial charge in [-0.1, -0.05) is 30.3 Å². The molecule has 2 heterocycles. The SMILES string of the molecule is NC(=O)CN1CCC(n2nccc2NC(=O)CCc2ccccc2)CC1. The molecule has 2 aromatic rings. The van der Waals surface area contributed by atoms with Crippen LogP contribution in [0.25, 0.3) is 0 Å². The molecule has 1 aromatic carbocycles. The molecule has 0 bridgehead atoms. The summed E-state index contributed by atoms with van der Waals surface area (Å²) in [5, 5.41) is 7.36. The number of benzene rings is 1. The van der Waals surface area contributed by atoms with Crippen molar-refractivity contribution in [3.8, 4) is 0 Å². The van der Waals surface area contributed by atoms with Crippen LogP contribution in [0.5, 0.6) is 0 Å². The fraction of sp³-hybridized carbons (Fsp3) is 0.421. The van der Waals surface area contributed by atoms with E-state index in [2.05, 4.69) is 15.3 Å². The molecule has 0 radical (unpaired) electrons. The van der Waals surface area contributed by atoms with Crippen molar-refractivity contribution in [1.82, 2.24) is 14.7 Å². The first-order valence-corrected chi connectivity index (χ1v) is 9.00. The first-order chi connectivity index (χ1) is 12.6. The minimum atomic E-state index is -0.297. The first kappa shape index (κ1) is 18.1. The number of hydrogen-bond acceptors (Lipinski definition) is 4. The number of hydrogen-bond donors (Lipinski definition) is 2. The van der Waals surface area contributed by atoms with E-state index in [1.165, 1.54) is 0 Å². The summed E-state index contributed by atoms with van der Waals surface area (Å²) in [7, 11) is 0. The van der Waals surface area contributed by atoms with Crippen LogP contribution in [0.4, 0.5) is 5.82 Å². The van der Waals surface area contributed by atoms with Gasteiger partial charge in [0.15, 0.2) is 0 Å². The zero-order valence-corrected chi connectivity index (χ0v) is 14.8. The number of carbonyl (C=O) groups excluding carboxylic acids is 2. The van der Waals surface area contributed by atoms with Crippen molar-refractivity contribution in [1.29, 1.82) is 0 Å². The molecule has 3 N–H and O–H groups in total. The highest BCUT2D eigenvalue weighted by atomic mass is 16.2. The second-order valence-corrected chi connectivity index (χ2v) is 6.67. The maximum atomic E-state index is 12.3. The van der Waals surface area contributed by atoms with Crippen LogP contribution in [-0.2, 0) is 16.0 Å². The van der Waals surface area contributed by atoms with E-state index in [0.29, 0.717) is 19.4 Å². The van der Waals surface area contributed by atoms with E-state index in [9.17, 15) is 9.59 Å². The Hall–Kier alpha value is -2.67. The molecule has 7 nitrogen and oxygen atoms in total. The van der Waals surface area contributed by atoms with Crippen LogP contribution in [-0.4, -0.2) is 46.1 Å². The topological polar surface area (TPSA) is 93.2 Å². The monoisotopic (exact) mass is 355 g/mol. The van der Waals surface area contributed by atoms with Gasteiger partial charge >= 0.3 is 0 Å². The molecule has 1 fully saturated rings. The molecule has 1 saturated heterocycles. The van der Waals surface area contributed by atoms with E-state index in [0.717, 1.165) is 37.3 Å². The van der Waals surface area contributed by atoms with Crippen LogP contribution in [0.15, 0.2) is 42.6 Å². The van der Waals surface area contributed by atoms with Gasteiger partial charge in [-0.3, -0.25) is 14.5 Å². The third-order valence-electron chi connectivity index (χ3n) is 4.70. The number of piperidine rings is 1. The van der Waals surface area contributed by atoms with Crippen LogP contribution < -0.4 is 11.1 Å². The molecular formula is C19H25N5O2. The summed E-state index contributed by atoms with van der Waals surface area (Å²) in [6.07, 6.45) is 4.62. The average molecular weight is 355 g/mol. The molecule has 2 amide bonds. The second kappa shape index (κ2) is 8.62. The summed E-state index contributed by atoms with van der Waals surface area (Å²) < 4.78 is 1.89. The molecular weight excluding hydrogens is 330 g/mol.